The van der Waals surface area contributed by atoms with Crippen LogP contribution in [0.4, 0.5) is 17.1 Å². The van der Waals surface area contributed by atoms with Gasteiger partial charge in [0.1, 0.15) is 0 Å². The second-order valence-corrected chi connectivity index (χ2v) is 6.77. The molecule has 1 aliphatic heterocycles. The van der Waals surface area contributed by atoms with Gasteiger partial charge < -0.3 is 10.2 Å². The lowest BCUT2D eigenvalue weighted by Gasteiger charge is -2.27. The highest BCUT2D eigenvalue weighted by molar-refractivity contribution is 7.99. The number of rotatable bonds is 3. The molecule has 2 aromatic carbocycles. The third-order valence-electron chi connectivity index (χ3n) is 3.64. The molecule has 0 saturated heterocycles. The highest BCUT2D eigenvalue weighted by Gasteiger charge is 2.24. The van der Waals surface area contributed by atoms with Gasteiger partial charge in [-0.1, -0.05) is 18.2 Å². The van der Waals surface area contributed by atoms with E-state index < -0.39 is 0 Å². The van der Waals surface area contributed by atoms with Gasteiger partial charge in [-0.3, -0.25) is 4.79 Å². The van der Waals surface area contributed by atoms with Crippen molar-refractivity contribution in [3.63, 3.8) is 0 Å². The Morgan fingerprint density at radius 2 is 1.86 bits per heavy atom. The molecule has 1 heterocycles. The lowest BCUT2D eigenvalue weighted by Crippen LogP contribution is -2.36. The van der Waals surface area contributed by atoms with Crippen molar-refractivity contribution in [1.82, 2.24) is 0 Å². The van der Waals surface area contributed by atoms with E-state index in [4.69, 9.17) is 0 Å². The zero-order valence-corrected chi connectivity index (χ0v) is 13.7. The zero-order valence-electron chi connectivity index (χ0n) is 12.9. The summed E-state index contributed by atoms with van der Waals surface area (Å²) in [7, 11) is 0. The van der Waals surface area contributed by atoms with Crippen molar-refractivity contribution in [3.8, 4) is 0 Å². The maximum Gasteiger partial charge on any atom is 0.228 e. The average molecular weight is 312 g/mol. The molecule has 114 valence electrons. The van der Waals surface area contributed by atoms with Gasteiger partial charge in [-0.05, 0) is 44.2 Å². The molecule has 22 heavy (non-hydrogen) atoms. The summed E-state index contributed by atoms with van der Waals surface area (Å²) in [5.41, 5.74) is 3.15. The van der Waals surface area contributed by atoms with Crippen LogP contribution >= 0.6 is 11.8 Å². The predicted octanol–water partition coefficient (Wildman–Crippen LogP) is 4.67. The van der Waals surface area contributed by atoms with Crippen molar-refractivity contribution in [3.05, 3.63) is 48.5 Å². The Hall–Kier alpha value is -1.94. The molecule has 0 atom stereocenters. The van der Waals surface area contributed by atoms with Crippen LogP contribution in [0.1, 0.15) is 20.3 Å². The molecule has 0 fully saturated rings. The molecule has 4 heteroatoms. The highest BCUT2D eigenvalue weighted by Crippen LogP contribution is 2.37. The van der Waals surface area contributed by atoms with Crippen LogP contribution in [0.25, 0.3) is 0 Å². The highest BCUT2D eigenvalue weighted by atomic mass is 32.2. The van der Waals surface area contributed by atoms with Gasteiger partial charge in [0.25, 0.3) is 0 Å². The molecule has 1 N–H and O–H groups in total. The van der Waals surface area contributed by atoms with Crippen LogP contribution in [-0.2, 0) is 4.79 Å². The van der Waals surface area contributed by atoms with Gasteiger partial charge in [0.05, 0.1) is 5.69 Å². The van der Waals surface area contributed by atoms with E-state index in [2.05, 4.69) is 31.3 Å². The summed E-state index contributed by atoms with van der Waals surface area (Å²) in [6.45, 7) is 4.13. The molecule has 0 unspecified atom stereocenters. The topological polar surface area (TPSA) is 32.3 Å². The maximum absolute atomic E-state index is 12.3. The van der Waals surface area contributed by atoms with Crippen molar-refractivity contribution < 1.29 is 4.79 Å². The van der Waals surface area contributed by atoms with Crippen molar-refractivity contribution in [1.29, 1.82) is 0 Å². The van der Waals surface area contributed by atoms with Gasteiger partial charge in [0, 0.05) is 34.5 Å². The first-order chi connectivity index (χ1) is 10.6. The number of amides is 1. The van der Waals surface area contributed by atoms with E-state index in [0.29, 0.717) is 6.42 Å². The van der Waals surface area contributed by atoms with Crippen molar-refractivity contribution in [2.75, 3.05) is 16.0 Å². The summed E-state index contributed by atoms with van der Waals surface area (Å²) in [4.78, 5) is 15.4. The Morgan fingerprint density at radius 3 is 2.59 bits per heavy atom. The number of anilines is 3. The van der Waals surface area contributed by atoms with Crippen LogP contribution in [0.2, 0.25) is 0 Å². The molecule has 3 rings (SSSR count). The number of carbonyl (C=O) groups excluding carboxylic acids is 1. The number of nitrogens with one attached hydrogen (secondary N) is 1. The standard InChI is InChI=1S/C18H20N2OS/c1-13(2)20-16-9-8-15(19-14-6-4-3-5-7-14)12-17(16)22-11-10-18(20)21/h3-9,12-13,19H,10-11H2,1-2H3. The normalized spacial score (nSPS) is 14.7. The smallest absolute Gasteiger partial charge is 0.228 e. The SMILES string of the molecule is CC(C)N1C(=O)CCSc2cc(Nc3ccccc3)ccc21. The maximum atomic E-state index is 12.3. The third-order valence-corrected chi connectivity index (χ3v) is 4.69. The average Bonchev–Trinajstić information content (AvgIpc) is 2.66. The fourth-order valence-corrected chi connectivity index (χ4v) is 3.69. The van der Waals surface area contributed by atoms with Crippen molar-refractivity contribution in [2.24, 2.45) is 0 Å². The quantitative estimate of drug-likeness (QED) is 0.894. The van der Waals surface area contributed by atoms with Crippen LogP contribution in [0, 0.1) is 0 Å². The molecule has 0 aromatic heterocycles. The Morgan fingerprint density at radius 1 is 1.09 bits per heavy atom. The van der Waals surface area contributed by atoms with Crippen LogP contribution < -0.4 is 10.2 Å². The van der Waals surface area contributed by atoms with Gasteiger partial charge in [0.15, 0.2) is 0 Å². The van der Waals surface area contributed by atoms with E-state index in [-0.39, 0.29) is 11.9 Å². The summed E-state index contributed by atoms with van der Waals surface area (Å²) in [6, 6.07) is 16.5. The second-order valence-electron chi connectivity index (χ2n) is 5.63. The molecule has 0 radical (unpaired) electrons. The van der Waals surface area contributed by atoms with Gasteiger partial charge in [-0.15, -0.1) is 11.8 Å². The first kappa shape index (κ1) is 15.0. The number of benzene rings is 2. The molecule has 3 nitrogen and oxygen atoms in total. The molecule has 0 spiro atoms. The molecular weight excluding hydrogens is 292 g/mol. The number of thioether (sulfide) groups is 1. The van der Waals surface area contributed by atoms with Crippen molar-refractivity contribution in [2.45, 2.75) is 31.2 Å². The minimum Gasteiger partial charge on any atom is -0.355 e. The molecule has 1 aliphatic rings. The number of hydrogen-bond donors (Lipinski definition) is 1. The van der Waals surface area contributed by atoms with Crippen LogP contribution in [0.3, 0.4) is 0 Å². The van der Waals surface area contributed by atoms with Gasteiger partial charge in [-0.2, -0.15) is 0 Å². The lowest BCUT2D eigenvalue weighted by atomic mass is 10.2. The van der Waals surface area contributed by atoms with E-state index in [1.54, 1.807) is 11.8 Å². The zero-order chi connectivity index (χ0) is 15.5. The largest absolute Gasteiger partial charge is 0.355 e. The third kappa shape index (κ3) is 3.12. The fourth-order valence-electron chi connectivity index (χ4n) is 2.66. The summed E-state index contributed by atoms with van der Waals surface area (Å²) in [5.74, 6) is 1.05. The number of hydrogen-bond acceptors (Lipinski definition) is 3. The van der Waals surface area contributed by atoms with E-state index >= 15 is 0 Å². The Kier molecular flexibility index (Phi) is 4.39. The van der Waals surface area contributed by atoms with E-state index in [9.17, 15) is 4.79 Å². The van der Waals surface area contributed by atoms with Gasteiger partial charge >= 0.3 is 0 Å². The van der Waals surface area contributed by atoms with Gasteiger partial charge in [-0.25, -0.2) is 0 Å². The number of para-hydroxylation sites is 1. The lowest BCUT2D eigenvalue weighted by molar-refractivity contribution is -0.118. The van der Waals surface area contributed by atoms with Gasteiger partial charge in [0.2, 0.25) is 5.91 Å². The Balaban J connectivity index is 1.92. The molecule has 0 saturated carbocycles. The fraction of sp³-hybridized carbons (Fsp3) is 0.278. The summed E-state index contributed by atoms with van der Waals surface area (Å²) < 4.78 is 0. The van der Waals surface area contributed by atoms with E-state index in [1.807, 2.05) is 41.3 Å². The van der Waals surface area contributed by atoms with E-state index in [0.717, 1.165) is 22.8 Å². The Labute approximate surface area is 135 Å². The van der Waals surface area contributed by atoms with Crippen LogP contribution in [0.5, 0.6) is 0 Å². The molecule has 2 aromatic rings. The minimum absolute atomic E-state index is 0.179. The minimum atomic E-state index is 0.179. The predicted molar refractivity (Wildman–Crippen MR) is 94.1 cm³/mol. The van der Waals surface area contributed by atoms with E-state index in [1.165, 1.54) is 4.90 Å². The molecule has 0 aliphatic carbocycles. The second kappa shape index (κ2) is 6.44. The van der Waals surface area contributed by atoms with Crippen molar-refractivity contribution >= 4 is 34.7 Å². The molecule has 1 amide bonds. The molecular formula is C18H20N2OS. The summed E-state index contributed by atoms with van der Waals surface area (Å²) >= 11 is 1.76. The Bertz CT molecular complexity index is 670. The summed E-state index contributed by atoms with van der Waals surface area (Å²) in [5, 5.41) is 3.41. The number of nitrogens with zero attached hydrogens (tertiary/aromatic N) is 1. The summed E-state index contributed by atoms with van der Waals surface area (Å²) in [6.07, 6.45) is 0.596. The number of carbonyl (C=O) groups is 1. The first-order valence-electron chi connectivity index (χ1n) is 7.56. The van der Waals surface area contributed by atoms with Crippen LogP contribution in [0.15, 0.2) is 53.4 Å². The monoisotopic (exact) mass is 312 g/mol. The first-order valence-corrected chi connectivity index (χ1v) is 8.54. The molecule has 0 bridgehead atoms. The number of fused-ring (bicyclic) bond motifs is 1. The van der Waals surface area contributed by atoms with Crippen LogP contribution in [-0.4, -0.2) is 17.7 Å².